The van der Waals surface area contributed by atoms with E-state index in [-0.39, 0.29) is 11.7 Å². The summed E-state index contributed by atoms with van der Waals surface area (Å²) in [7, 11) is 1.70. The predicted octanol–water partition coefficient (Wildman–Crippen LogP) is 2.78. The van der Waals surface area contributed by atoms with Crippen LogP contribution in [0.2, 0.25) is 5.02 Å². The van der Waals surface area contributed by atoms with E-state index in [1.807, 2.05) is 24.3 Å². The quantitative estimate of drug-likeness (QED) is 0.613. The van der Waals surface area contributed by atoms with Crippen molar-refractivity contribution in [3.05, 3.63) is 50.7 Å². The number of nitro groups is 1. The van der Waals surface area contributed by atoms with E-state index in [1.165, 1.54) is 4.68 Å². The van der Waals surface area contributed by atoms with Gasteiger partial charge in [0, 0.05) is 31.7 Å². The van der Waals surface area contributed by atoms with Crippen molar-refractivity contribution in [1.82, 2.24) is 14.7 Å². The highest BCUT2D eigenvalue weighted by Crippen LogP contribution is 2.29. The molecule has 3 rings (SSSR count). The molecule has 1 aliphatic rings. The SMILES string of the molecule is Cc1nn(C)c(NCC(c2ccc(Cl)cc2)N2CCOCC2)c1[N+](=O)[O-]. The number of hydrogen-bond acceptors (Lipinski definition) is 6. The van der Waals surface area contributed by atoms with Crippen molar-refractivity contribution in [2.24, 2.45) is 7.05 Å². The third-order valence-corrected chi connectivity index (χ3v) is 4.83. The second-order valence-electron chi connectivity index (χ2n) is 6.26. The fourth-order valence-corrected chi connectivity index (χ4v) is 3.41. The van der Waals surface area contributed by atoms with Gasteiger partial charge >= 0.3 is 5.69 Å². The van der Waals surface area contributed by atoms with Crippen molar-refractivity contribution in [3.8, 4) is 0 Å². The number of rotatable bonds is 6. The molecule has 1 N–H and O–H groups in total. The molecular formula is C17H22ClN5O3. The molecule has 2 heterocycles. The zero-order valence-electron chi connectivity index (χ0n) is 14.8. The molecule has 1 aliphatic heterocycles. The number of aryl methyl sites for hydroxylation is 2. The van der Waals surface area contributed by atoms with E-state index in [4.69, 9.17) is 16.3 Å². The second-order valence-corrected chi connectivity index (χ2v) is 6.70. The number of nitrogens with zero attached hydrogens (tertiary/aromatic N) is 4. The summed E-state index contributed by atoms with van der Waals surface area (Å²) in [4.78, 5) is 13.3. The Hall–Kier alpha value is -2.16. The number of ether oxygens (including phenoxy) is 1. The van der Waals surface area contributed by atoms with Gasteiger partial charge < -0.3 is 10.1 Å². The Bertz CT molecular complexity index is 771. The minimum Gasteiger partial charge on any atom is -0.379 e. The van der Waals surface area contributed by atoms with Crippen LogP contribution < -0.4 is 5.32 Å². The van der Waals surface area contributed by atoms with Gasteiger partial charge in [-0.2, -0.15) is 5.10 Å². The van der Waals surface area contributed by atoms with Gasteiger partial charge in [0.15, 0.2) is 0 Å². The minimum atomic E-state index is -0.392. The maximum absolute atomic E-state index is 11.4. The van der Waals surface area contributed by atoms with Gasteiger partial charge in [-0.3, -0.25) is 15.0 Å². The largest absolute Gasteiger partial charge is 0.379 e. The predicted molar refractivity (Wildman–Crippen MR) is 99.7 cm³/mol. The zero-order valence-corrected chi connectivity index (χ0v) is 15.6. The highest BCUT2D eigenvalue weighted by atomic mass is 35.5. The molecule has 9 heteroatoms. The monoisotopic (exact) mass is 379 g/mol. The van der Waals surface area contributed by atoms with E-state index in [0.29, 0.717) is 36.3 Å². The third-order valence-electron chi connectivity index (χ3n) is 4.58. The van der Waals surface area contributed by atoms with Crippen LogP contribution in [-0.2, 0) is 11.8 Å². The summed E-state index contributed by atoms with van der Waals surface area (Å²) in [6, 6.07) is 7.76. The van der Waals surface area contributed by atoms with Crippen molar-refractivity contribution in [2.75, 3.05) is 38.2 Å². The molecule has 1 unspecified atom stereocenters. The molecule has 2 aromatic rings. The summed E-state index contributed by atoms with van der Waals surface area (Å²) < 4.78 is 6.97. The lowest BCUT2D eigenvalue weighted by atomic mass is 10.0. The Balaban J connectivity index is 1.84. The first kappa shape index (κ1) is 18.6. The Morgan fingerprint density at radius 2 is 2.00 bits per heavy atom. The van der Waals surface area contributed by atoms with Crippen LogP contribution in [0.1, 0.15) is 17.3 Å². The van der Waals surface area contributed by atoms with E-state index in [9.17, 15) is 10.1 Å². The molecular weight excluding hydrogens is 358 g/mol. The first-order valence-electron chi connectivity index (χ1n) is 8.46. The van der Waals surface area contributed by atoms with Crippen LogP contribution in [0, 0.1) is 17.0 Å². The van der Waals surface area contributed by atoms with Crippen LogP contribution in [0.3, 0.4) is 0 Å². The Morgan fingerprint density at radius 3 is 2.62 bits per heavy atom. The summed E-state index contributed by atoms with van der Waals surface area (Å²) in [6.45, 7) is 5.12. The Morgan fingerprint density at radius 1 is 1.35 bits per heavy atom. The van der Waals surface area contributed by atoms with E-state index in [2.05, 4.69) is 15.3 Å². The second kappa shape index (κ2) is 8.03. The lowest BCUT2D eigenvalue weighted by Gasteiger charge is -2.35. The van der Waals surface area contributed by atoms with E-state index in [1.54, 1.807) is 14.0 Å². The third kappa shape index (κ3) is 3.98. The molecule has 0 saturated carbocycles. The van der Waals surface area contributed by atoms with Crippen LogP contribution in [0.4, 0.5) is 11.5 Å². The van der Waals surface area contributed by atoms with Crippen LogP contribution in [0.5, 0.6) is 0 Å². The van der Waals surface area contributed by atoms with Crippen molar-refractivity contribution >= 4 is 23.1 Å². The first-order chi connectivity index (χ1) is 12.5. The first-order valence-corrected chi connectivity index (χ1v) is 8.84. The zero-order chi connectivity index (χ0) is 18.7. The molecule has 1 saturated heterocycles. The molecule has 0 bridgehead atoms. The average Bonchev–Trinajstić information content (AvgIpc) is 2.91. The molecule has 0 amide bonds. The summed E-state index contributed by atoms with van der Waals surface area (Å²) in [6.07, 6.45) is 0. The highest BCUT2D eigenvalue weighted by molar-refractivity contribution is 6.30. The molecule has 0 radical (unpaired) electrons. The number of morpholine rings is 1. The molecule has 26 heavy (non-hydrogen) atoms. The lowest BCUT2D eigenvalue weighted by Crippen LogP contribution is -2.41. The number of anilines is 1. The minimum absolute atomic E-state index is 0.0179. The van der Waals surface area contributed by atoms with Crippen molar-refractivity contribution in [1.29, 1.82) is 0 Å². The Labute approximate surface area is 156 Å². The lowest BCUT2D eigenvalue weighted by molar-refractivity contribution is -0.384. The fourth-order valence-electron chi connectivity index (χ4n) is 3.29. The van der Waals surface area contributed by atoms with E-state index in [0.717, 1.165) is 18.7 Å². The smallest absolute Gasteiger partial charge is 0.333 e. The maximum Gasteiger partial charge on any atom is 0.333 e. The van der Waals surface area contributed by atoms with Crippen LogP contribution in [0.25, 0.3) is 0 Å². The van der Waals surface area contributed by atoms with E-state index < -0.39 is 4.92 Å². The van der Waals surface area contributed by atoms with Crippen molar-refractivity contribution in [2.45, 2.75) is 13.0 Å². The fraction of sp³-hybridized carbons (Fsp3) is 0.471. The van der Waals surface area contributed by atoms with Gasteiger partial charge in [0.1, 0.15) is 5.69 Å². The standard InChI is InChI=1S/C17H22ClN5O3/c1-12-16(23(24)25)17(21(2)20-12)19-11-15(22-7-9-26-10-8-22)13-3-5-14(18)6-4-13/h3-6,15,19H,7-11H2,1-2H3. The van der Waals surface area contributed by atoms with E-state index >= 15 is 0 Å². The van der Waals surface area contributed by atoms with Crippen molar-refractivity contribution in [3.63, 3.8) is 0 Å². The molecule has 0 aliphatic carbocycles. The van der Waals surface area contributed by atoms with Gasteiger partial charge in [-0.1, -0.05) is 23.7 Å². The summed E-state index contributed by atoms with van der Waals surface area (Å²) in [5.41, 5.74) is 1.52. The summed E-state index contributed by atoms with van der Waals surface area (Å²) >= 11 is 6.02. The molecule has 1 atom stereocenters. The number of benzene rings is 1. The van der Waals surface area contributed by atoms with Gasteiger partial charge in [-0.05, 0) is 24.6 Å². The Kier molecular flexibility index (Phi) is 5.75. The molecule has 1 fully saturated rings. The highest BCUT2D eigenvalue weighted by Gasteiger charge is 2.27. The number of hydrogen-bond donors (Lipinski definition) is 1. The number of nitrogens with one attached hydrogen (secondary N) is 1. The number of aromatic nitrogens is 2. The maximum atomic E-state index is 11.4. The normalized spacial score (nSPS) is 16.4. The van der Waals surface area contributed by atoms with Gasteiger partial charge in [0.25, 0.3) is 0 Å². The van der Waals surface area contributed by atoms with Crippen LogP contribution in [-0.4, -0.2) is 52.5 Å². The molecule has 140 valence electrons. The summed E-state index contributed by atoms with van der Waals surface area (Å²) in [5, 5.41) is 19.5. The van der Waals surface area contributed by atoms with Crippen molar-refractivity contribution < 1.29 is 9.66 Å². The van der Waals surface area contributed by atoms with Gasteiger partial charge in [-0.25, -0.2) is 4.68 Å². The molecule has 1 aromatic carbocycles. The van der Waals surface area contributed by atoms with Crippen LogP contribution >= 0.6 is 11.6 Å². The molecule has 8 nitrogen and oxygen atoms in total. The average molecular weight is 380 g/mol. The van der Waals surface area contributed by atoms with Gasteiger partial charge in [-0.15, -0.1) is 0 Å². The van der Waals surface area contributed by atoms with Crippen LogP contribution in [0.15, 0.2) is 24.3 Å². The topological polar surface area (TPSA) is 85.5 Å². The summed E-state index contributed by atoms with van der Waals surface area (Å²) in [5.74, 6) is 0.416. The molecule has 0 spiro atoms. The van der Waals surface area contributed by atoms with Gasteiger partial charge in [0.2, 0.25) is 5.82 Å². The number of halogens is 1. The van der Waals surface area contributed by atoms with Gasteiger partial charge in [0.05, 0.1) is 24.2 Å². The molecule has 1 aromatic heterocycles.